The zero-order valence-electron chi connectivity index (χ0n) is 17.6. The number of aliphatic hydroxyl groups is 1. The Balaban J connectivity index is 1.19. The van der Waals surface area contributed by atoms with Crippen molar-refractivity contribution in [1.29, 1.82) is 0 Å². The average molecular weight is 417 g/mol. The fraction of sp³-hybridized carbons (Fsp3) is 0.320. The molecular weight excluding hydrogens is 388 g/mol. The number of hydrogen-bond donors (Lipinski definition) is 1. The van der Waals surface area contributed by atoms with Gasteiger partial charge in [-0.1, -0.05) is 30.3 Å². The number of anilines is 1. The van der Waals surface area contributed by atoms with Gasteiger partial charge in [-0.05, 0) is 42.3 Å². The molecule has 1 saturated heterocycles. The van der Waals surface area contributed by atoms with Crippen molar-refractivity contribution < 1.29 is 9.84 Å². The first-order valence-corrected chi connectivity index (χ1v) is 10.9. The van der Waals surface area contributed by atoms with Gasteiger partial charge in [-0.3, -0.25) is 9.58 Å². The molecule has 3 aromatic rings. The van der Waals surface area contributed by atoms with E-state index >= 15 is 0 Å². The number of likely N-dealkylation sites (tertiary alicyclic amines) is 1. The second kappa shape index (κ2) is 8.96. The van der Waals surface area contributed by atoms with Crippen LogP contribution in [0.25, 0.3) is 10.9 Å². The SMILES string of the molecule is O[C@H]1CCN(CCn2ncc3cc(N4C=CC(OCc5ccccc5)=CC4)ccc32)C1. The third-order valence-corrected chi connectivity index (χ3v) is 5.99. The Labute approximate surface area is 182 Å². The summed E-state index contributed by atoms with van der Waals surface area (Å²) in [5.41, 5.74) is 3.46. The molecule has 2 aliphatic rings. The largest absolute Gasteiger partial charge is 0.489 e. The third-order valence-electron chi connectivity index (χ3n) is 5.99. The number of rotatable bonds is 7. The first-order chi connectivity index (χ1) is 15.2. The van der Waals surface area contributed by atoms with E-state index < -0.39 is 0 Å². The summed E-state index contributed by atoms with van der Waals surface area (Å²) in [5.74, 6) is 0.904. The molecule has 5 rings (SSSR count). The summed E-state index contributed by atoms with van der Waals surface area (Å²) in [7, 11) is 0. The van der Waals surface area contributed by atoms with Crippen molar-refractivity contribution in [2.75, 3.05) is 31.1 Å². The van der Waals surface area contributed by atoms with Gasteiger partial charge in [0.2, 0.25) is 0 Å². The Bertz CT molecular complexity index is 1090. The molecule has 3 heterocycles. The summed E-state index contributed by atoms with van der Waals surface area (Å²) in [6, 6.07) is 16.7. The minimum Gasteiger partial charge on any atom is -0.489 e. The highest BCUT2D eigenvalue weighted by atomic mass is 16.5. The molecule has 0 saturated carbocycles. The van der Waals surface area contributed by atoms with Crippen molar-refractivity contribution >= 4 is 16.6 Å². The van der Waals surface area contributed by atoms with Crippen LogP contribution in [0.4, 0.5) is 5.69 Å². The van der Waals surface area contributed by atoms with E-state index in [2.05, 4.69) is 62.2 Å². The number of nitrogens with zero attached hydrogens (tertiary/aromatic N) is 4. The van der Waals surface area contributed by atoms with Gasteiger partial charge in [0, 0.05) is 43.5 Å². The predicted octanol–water partition coefficient (Wildman–Crippen LogP) is 3.54. The number of benzene rings is 2. The standard InChI is InChI=1S/C25H28N4O2/c30-23-8-11-27(18-23)14-15-29-25-7-6-22(16-21(25)17-26-29)28-12-9-24(10-13-28)31-19-20-4-2-1-3-5-20/h1-7,9-10,12,16-17,23,30H,8,11,13-15,18-19H2/t23-/m0/s1. The Hall–Kier alpha value is -3.09. The molecule has 0 spiro atoms. The lowest BCUT2D eigenvalue weighted by Crippen LogP contribution is -2.26. The van der Waals surface area contributed by atoms with Crippen LogP contribution < -0.4 is 4.90 Å². The topological polar surface area (TPSA) is 53.8 Å². The fourth-order valence-electron chi connectivity index (χ4n) is 4.20. The summed E-state index contributed by atoms with van der Waals surface area (Å²) in [6.45, 7) is 4.85. The van der Waals surface area contributed by atoms with Crippen LogP contribution in [0.5, 0.6) is 0 Å². The zero-order valence-corrected chi connectivity index (χ0v) is 17.6. The Kier molecular flexibility index (Phi) is 5.74. The number of allylic oxidation sites excluding steroid dienone is 1. The molecule has 1 atom stereocenters. The number of aliphatic hydroxyl groups excluding tert-OH is 1. The Morgan fingerprint density at radius 2 is 2.00 bits per heavy atom. The quantitative estimate of drug-likeness (QED) is 0.639. The van der Waals surface area contributed by atoms with E-state index in [1.807, 2.05) is 30.5 Å². The number of β-amino-alcohol motifs (C(OH)–C–C–N with tert-alkyl or cyclic N) is 1. The number of hydrogen-bond acceptors (Lipinski definition) is 5. The molecule has 1 N–H and O–H groups in total. The van der Waals surface area contributed by atoms with Crippen LogP contribution in [-0.2, 0) is 17.9 Å². The second-order valence-corrected chi connectivity index (χ2v) is 8.20. The van der Waals surface area contributed by atoms with Gasteiger partial charge >= 0.3 is 0 Å². The Morgan fingerprint density at radius 1 is 1.10 bits per heavy atom. The number of ether oxygens (including phenoxy) is 1. The predicted molar refractivity (Wildman–Crippen MR) is 123 cm³/mol. The Morgan fingerprint density at radius 3 is 2.77 bits per heavy atom. The smallest absolute Gasteiger partial charge is 0.119 e. The molecule has 0 amide bonds. The van der Waals surface area contributed by atoms with E-state index in [1.54, 1.807) is 0 Å². The van der Waals surface area contributed by atoms with Crippen molar-refractivity contribution in [3.05, 3.63) is 84.4 Å². The molecular formula is C25H28N4O2. The monoisotopic (exact) mass is 416 g/mol. The van der Waals surface area contributed by atoms with E-state index in [4.69, 9.17) is 4.74 Å². The highest BCUT2D eigenvalue weighted by molar-refractivity contribution is 5.83. The molecule has 160 valence electrons. The van der Waals surface area contributed by atoms with Crippen molar-refractivity contribution in [3.63, 3.8) is 0 Å². The number of aromatic nitrogens is 2. The lowest BCUT2D eigenvalue weighted by molar-refractivity contribution is 0.175. The lowest BCUT2D eigenvalue weighted by Gasteiger charge is -2.23. The van der Waals surface area contributed by atoms with E-state index in [1.165, 1.54) is 5.56 Å². The normalized spacial score (nSPS) is 19.2. The summed E-state index contributed by atoms with van der Waals surface area (Å²) < 4.78 is 7.98. The molecule has 31 heavy (non-hydrogen) atoms. The van der Waals surface area contributed by atoms with Crippen LogP contribution in [0.3, 0.4) is 0 Å². The van der Waals surface area contributed by atoms with Gasteiger partial charge in [0.25, 0.3) is 0 Å². The summed E-state index contributed by atoms with van der Waals surface area (Å²) in [5, 5.41) is 15.4. The van der Waals surface area contributed by atoms with Gasteiger partial charge in [0.15, 0.2) is 0 Å². The van der Waals surface area contributed by atoms with Gasteiger partial charge < -0.3 is 14.7 Å². The molecule has 0 bridgehead atoms. The van der Waals surface area contributed by atoms with E-state index in [9.17, 15) is 5.11 Å². The molecule has 1 fully saturated rings. The van der Waals surface area contributed by atoms with Crippen LogP contribution in [0.1, 0.15) is 12.0 Å². The van der Waals surface area contributed by atoms with Gasteiger partial charge in [0.1, 0.15) is 12.4 Å². The van der Waals surface area contributed by atoms with Gasteiger partial charge in [0.05, 0.1) is 24.4 Å². The maximum atomic E-state index is 9.70. The van der Waals surface area contributed by atoms with Gasteiger partial charge in [-0.15, -0.1) is 0 Å². The molecule has 0 radical (unpaired) electrons. The summed E-state index contributed by atoms with van der Waals surface area (Å²) in [6.07, 6.45) is 8.85. The summed E-state index contributed by atoms with van der Waals surface area (Å²) in [4.78, 5) is 4.51. The minimum absolute atomic E-state index is 0.173. The molecule has 0 unspecified atom stereocenters. The lowest BCUT2D eigenvalue weighted by atomic mass is 10.2. The maximum absolute atomic E-state index is 9.70. The molecule has 0 aliphatic carbocycles. The van der Waals surface area contributed by atoms with E-state index in [-0.39, 0.29) is 6.10 Å². The summed E-state index contributed by atoms with van der Waals surface area (Å²) >= 11 is 0. The van der Waals surface area contributed by atoms with Gasteiger partial charge in [-0.25, -0.2) is 0 Å². The molecule has 6 heteroatoms. The van der Waals surface area contributed by atoms with Crippen LogP contribution in [0, 0.1) is 0 Å². The highest BCUT2D eigenvalue weighted by Gasteiger charge is 2.20. The molecule has 2 aliphatic heterocycles. The van der Waals surface area contributed by atoms with Crippen LogP contribution in [-0.4, -0.2) is 52.1 Å². The second-order valence-electron chi connectivity index (χ2n) is 8.20. The van der Waals surface area contributed by atoms with Gasteiger partial charge in [-0.2, -0.15) is 5.10 Å². The maximum Gasteiger partial charge on any atom is 0.119 e. The first kappa shape index (κ1) is 19.8. The molecule has 6 nitrogen and oxygen atoms in total. The fourth-order valence-corrected chi connectivity index (χ4v) is 4.20. The van der Waals surface area contributed by atoms with Crippen molar-refractivity contribution in [2.24, 2.45) is 0 Å². The van der Waals surface area contributed by atoms with Crippen molar-refractivity contribution in [2.45, 2.75) is 25.7 Å². The van der Waals surface area contributed by atoms with Crippen LogP contribution in [0.15, 0.2) is 78.8 Å². The van der Waals surface area contributed by atoms with Crippen molar-refractivity contribution in [3.8, 4) is 0 Å². The van der Waals surface area contributed by atoms with Crippen LogP contribution >= 0.6 is 0 Å². The van der Waals surface area contributed by atoms with Crippen LogP contribution in [0.2, 0.25) is 0 Å². The highest BCUT2D eigenvalue weighted by Crippen LogP contribution is 2.25. The van der Waals surface area contributed by atoms with E-state index in [0.717, 1.165) is 61.5 Å². The first-order valence-electron chi connectivity index (χ1n) is 10.9. The number of fused-ring (bicyclic) bond motifs is 1. The van der Waals surface area contributed by atoms with E-state index in [0.29, 0.717) is 6.61 Å². The molecule has 1 aromatic heterocycles. The minimum atomic E-state index is -0.173. The molecule has 2 aromatic carbocycles. The zero-order chi connectivity index (χ0) is 21.0. The average Bonchev–Trinajstić information content (AvgIpc) is 3.42. The van der Waals surface area contributed by atoms with Crippen molar-refractivity contribution in [1.82, 2.24) is 14.7 Å². The third kappa shape index (κ3) is 4.65.